The predicted molar refractivity (Wildman–Crippen MR) is 83.1 cm³/mol. The van der Waals surface area contributed by atoms with Gasteiger partial charge < -0.3 is 15.3 Å². The zero-order chi connectivity index (χ0) is 15.1. The number of para-hydroxylation sites is 1. The van der Waals surface area contributed by atoms with Gasteiger partial charge in [0.25, 0.3) is 0 Å². The molecular weight excluding hydrogens is 252 g/mol. The van der Waals surface area contributed by atoms with Crippen LogP contribution in [0.1, 0.15) is 30.9 Å². The van der Waals surface area contributed by atoms with Gasteiger partial charge in [0.15, 0.2) is 0 Å². The molecule has 0 atom stereocenters. The number of urea groups is 1. The van der Waals surface area contributed by atoms with Crippen molar-refractivity contribution in [3.63, 3.8) is 0 Å². The Kier molecular flexibility index (Phi) is 6.25. The Balaban J connectivity index is 2.96. The van der Waals surface area contributed by atoms with Crippen molar-refractivity contribution in [2.24, 2.45) is 0 Å². The molecule has 0 saturated heterocycles. The number of aliphatic hydroxyl groups is 1. The van der Waals surface area contributed by atoms with Crippen molar-refractivity contribution in [1.29, 1.82) is 0 Å². The van der Waals surface area contributed by atoms with Crippen molar-refractivity contribution in [2.45, 2.75) is 26.7 Å². The molecule has 0 heterocycles. The molecule has 1 aromatic carbocycles. The summed E-state index contributed by atoms with van der Waals surface area (Å²) >= 11 is 0. The van der Waals surface area contributed by atoms with E-state index in [-0.39, 0.29) is 12.6 Å². The highest BCUT2D eigenvalue weighted by atomic mass is 16.3. The zero-order valence-corrected chi connectivity index (χ0v) is 12.5. The van der Waals surface area contributed by atoms with Crippen LogP contribution in [0.15, 0.2) is 30.9 Å². The van der Waals surface area contributed by atoms with Gasteiger partial charge in [-0.15, -0.1) is 6.58 Å². The summed E-state index contributed by atoms with van der Waals surface area (Å²) in [6.45, 7) is 10.4. The Bertz CT molecular complexity index is 470. The quantitative estimate of drug-likeness (QED) is 0.784. The molecule has 1 rings (SSSR count). The predicted octanol–water partition coefficient (Wildman–Crippen LogP) is 3.13. The number of carbonyl (C=O) groups is 1. The summed E-state index contributed by atoms with van der Waals surface area (Å²) in [5, 5.41) is 12.0. The Morgan fingerprint density at radius 3 is 2.75 bits per heavy atom. The van der Waals surface area contributed by atoms with E-state index in [1.165, 1.54) is 4.90 Å². The van der Waals surface area contributed by atoms with Crippen molar-refractivity contribution < 1.29 is 9.90 Å². The number of aryl methyl sites for hydroxylation is 1. The Hall–Kier alpha value is -1.81. The number of nitrogens with one attached hydrogen (secondary N) is 1. The molecule has 110 valence electrons. The molecule has 0 radical (unpaired) electrons. The zero-order valence-electron chi connectivity index (χ0n) is 12.5. The van der Waals surface area contributed by atoms with Crippen LogP contribution < -0.4 is 5.32 Å². The standard InChI is InChI=1S/C16H24N2O2/c1-5-9-18(10-11-19)16(20)17-15-13(4)7-6-8-14(15)12(2)3/h5-8,12,19H,1,9-11H2,2-4H3,(H,17,20). The monoisotopic (exact) mass is 276 g/mol. The molecule has 20 heavy (non-hydrogen) atoms. The van der Waals surface area contributed by atoms with Crippen LogP contribution in [0.3, 0.4) is 0 Å². The first-order valence-corrected chi connectivity index (χ1v) is 6.88. The third-order valence-electron chi connectivity index (χ3n) is 3.17. The van der Waals surface area contributed by atoms with E-state index in [1.807, 2.05) is 25.1 Å². The molecule has 2 N–H and O–H groups in total. The number of anilines is 1. The molecular formula is C16H24N2O2. The van der Waals surface area contributed by atoms with Gasteiger partial charge in [-0.2, -0.15) is 0 Å². The molecule has 4 nitrogen and oxygen atoms in total. The molecule has 0 aromatic heterocycles. The number of hydrogen-bond acceptors (Lipinski definition) is 2. The Morgan fingerprint density at radius 1 is 1.50 bits per heavy atom. The average molecular weight is 276 g/mol. The van der Waals surface area contributed by atoms with E-state index in [9.17, 15) is 4.79 Å². The number of carbonyl (C=O) groups excluding carboxylic acids is 1. The number of amides is 2. The van der Waals surface area contributed by atoms with Crippen LogP contribution in [-0.2, 0) is 0 Å². The van der Waals surface area contributed by atoms with E-state index < -0.39 is 0 Å². The summed E-state index contributed by atoms with van der Waals surface area (Å²) in [6, 6.07) is 5.79. The van der Waals surface area contributed by atoms with Crippen molar-refractivity contribution in [2.75, 3.05) is 25.0 Å². The second kappa shape index (κ2) is 7.70. The number of rotatable bonds is 6. The lowest BCUT2D eigenvalue weighted by molar-refractivity contribution is 0.195. The van der Waals surface area contributed by atoms with E-state index in [4.69, 9.17) is 5.11 Å². The summed E-state index contributed by atoms with van der Waals surface area (Å²) in [5.41, 5.74) is 3.01. The molecule has 0 aliphatic carbocycles. The van der Waals surface area contributed by atoms with Crippen LogP contribution in [0.4, 0.5) is 10.5 Å². The van der Waals surface area contributed by atoms with Crippen LogP contribution in [0.25, 0.3) is 0 Å². The van der Waals surface area contributed by atoms with Crippen molar-refractivity contribution >= 4 is 11.7 Å². The number of aliphatic hydroxyl groups excluding tert-OH is 1. The van der Waals surface area contributed by atoms with Gasteiger partial charge in [-0.3, -0.25) is 0 Å². The van der Waals surface area contributed by atoms with E-state index in [0.29, 0.717) is 19.0 Å². The van der Waals surface area contributed by atoms with Gasteiger partial charge in [0.1, 0.15) is 0 Å². The van der Waals surface area contributed by atoms with Gasteiger partial charge in [0, 0.05) is 18.8 Å². The molecule has 0 unspecified atom stereocenters. The second-order valence-electron chi connectivity index (χ2n) is 5.08. The smallest absolute Gasteiger partial charge is 0.322 e. The largest absolute Gasteiger partial charge is 0.395 e. The topological polar surface area (TPSA) is 52.6 Å². The summed E-state index contributed by atoms with van der Waals surface area (Å²) in [4.78, 5) is 13.8. The van der Waals surface area contributed by atoms with Gasteiger partial charge in [-0.1, -0.05) is 38.1 Å². The Labute approximate surface area is 121 Å². The van der Waals surface area contributed by atoms with E-state index in [1.54, 1.807) is 6.08 Å². The van der Waals surface area contributed by atoms with Gasteiger partial charge in [0.05, 0.1) is 6.61 Å². The lowest BCUT2D eigenvalue weighted by atomic mass is 9.98. The van der Waals surface area contributed by atoms with Crippen molar-refractivity contribution in [3.8, 4) is 0 Å². The van der Waals surface area contributed by atoms with Gasteiger partial charge in [-0.25, -0.2) is 4.79 Å². The first-order valence-electron chi connectivity index (χ1n) is 6.88. The van der Waals surface area contributed by atoms with E-state index in [0.717, 1.165) is 16.8 Å². The van der Waals surface area contributed by atoms with E-state index in [2.05, 4.69) is 25.7 Å². The molecule has 0 saturated carbocycles. The molecule has 0 bridgehead atoms. The van der Waals surface area contributed by atoms with Gasteiger partial charge in [-0.05, 0) is 24.0 Å². The minimum Gasteiger partial charge on any atom is -0.395 e. The first-order chi connectivity index (χ1) is 9.51. The summed E-state index contributed by atoms with van der Waals surface area (Å²) in [6.07, 6.45) is 1.65. The molecule has 0 fully saturated rings. The summed E-state index contributed by atoms with van der Waals surface area (Å²) in [5.74, 6) is 0.330. The summed E-state index contributed by atoms with van der Waals surface area (Å²) < 4.78 is 0. The van der Waals surface area contributed by atoms with Crippen molar-refractivity contribution in [1.82, 2.24) is 4.90 Å². The average Bonchev–Trinajstić information content (AvgIpc) is 2.40. The van der Waals surface area contributed by atoms with Crippen molar-refractivity contribution in [3.05, 3.63) is 42.0 Å². The molecule has 0 spiro atoms. The van der Waals surface area contributed by atoms with Crippen LogP contribution in [0.5, 0.6) is 0 Å². The fraction of sp³-hybridized carbons (Fsp3) is 0.438. The second-order valence-corrected chi connectivity index (χ2v) is 5.08. The third kappa shape index (κ3) is 4.10. The summed E-state index contributed by atoms with van der Waals surface area (Å²) in [7, 11) is 0. The molecule has 0 aliphatic rings. The normalized spacial score (nSPS) is 10.4. The Morgan fingerprint density at radius 2 is 2.20 bits per heavy atom. The highest BCUT2D eigenvalue weighted by molar-refractivity contribution is 5.91. The lowest BCUT2D eigenvalue weighted by Crippen LogP contribution is -2.37. The number of nitrogens with zero attached hydrogens (tertiary/aromatic N) is 1. The van der Waals surface area contributed by atoms with Gasteiger partial charge >= 0.3 is 6.03 Å². The fourth-order valence-electron chi connectivity index (χ4n) is 2.08. The van der Waals surface area contributed by atoms with Crippen LogP contribution in [0, 0.1) is 6.92 Å². The SMILES string of the molecule is C=CCN(CCO)C(=O)Nc1c(C)cccc1C(C)C. The van der Waals surface area contributed by atoms with Crippen LogP contribution >= 0.6 is 0 Å². The molecule has 4 heteroatoms. The first kappa shape index (κ1) is 16.2. The molecule has 1 aromatic rings. The minimum absolute atomic E-state index is 0.0634. The highest BCUT2D eigenvalue weighted by Crippen LogP contribution is 2.27. The maximum absolute atomic E-state index is 12.3. The molecule has 2 amide bonds. The maximum Gasteiger partial charge on any atom is 0.322 e. The fourth-order valence-corrected chi connectivity index (χ4v) is 2.08. The molecule has 0 aliphatic heterocycles. The van der Waals surface area contributed by atoms with Crippen LogP contribution in [-0.4, -0.2) is 35.7 Å². The third-order valence-corrected chi connectivity index (χ3v) is 3.17. The van der Waals surface area contributed by atoms with E-state index >= 15 is 0 Å². The number of benzene rings is 1. The maximum atomic E-state index is 12.3. The lowest BCUT2D eigenvalue weighted by Gasteiger charge is -2.23. The minimum atomic E-state index is -0.213. The van der Waals surface area contributed by atoms with Crippen LogP contribution in [0.2, 0.25) is 0 Å². The van der Waals surface area contributed by atoms with Gasteiger partial charge in [0.2, 0.25) is 0 Å². The number of hydrogen-bond donors (Lipinski definition) is 2. The highest BCUT2D eigenvalue weighted by Gasteiger charge is 2.16.